The molecule has 1 saturated heterocycles. The van der Waals surface area contributed by atoms with Crippen molar-refractivity contribution in [1.29, 1.82) is 0 Å². The third-order valence-electron chi connectivity index (χ3n) is 7.97. The van der Waals surface area contributed by atoms with Crippen molar-refractivity contribution >= 4 is 5.69 Å². The summed E-state index contributed by atoms with van der Waals surface area (Å²) in [5.74, 6) is 0.449. The van der Waals surface area contributed by atoms with Crippen LogP contribution in [0.25, 0.3) is 11.3 Å². The minimum Gasteiger partial charge on any atom is -0.486 e. The van der Waals surface area contributed by atoms with E-state index < -0.39 is 11.6 Å². The summed E-state index contributed by atoms with van der Waals surface area (Å²) in [6.07, 6.45) is 3.56. The number of halogens is 2. The number of ether oxygens (including phenoxy) is 2. The first-order valence-electron chi connectivity index (χ1n) is 14.4. The number of nitrogens with zero attached hydrogens (tertiary/aromatic N) is 6. The Hall–Kier alpha value is -3.37. The molecule has 0 unspecified atom stereocenters. The van der Waals surface area contributed by atoms with Crippen molar-refractivity contribution in [2.24, 2.45) is 0 Å². The molecule has 3 aromatic rings. The highest BCUT2D eigenvalue weighted by Crippen LogP contribution is 2.39. The Morgan fingerprint density at radius 2 is 1.85 bits per heavy atom. The second-order valence-electron chi connectivity index (χ2n) is 11.4. The van der Waals surface area contributed by atoms with Gasteiger partial charge in [0.2, 0.25) is 5.88 Å². The van der Waals surface area contributed by atoms with Gasteiger partial charge < -0.3 is 24.2 Å². The molecule has 1 aromatic carbocycles. The molecule has 4 heterocycles. The largest absolute Gasteiger partial charge is 0.486 e. The summed E-state index contributed by atoms with van der Waals surface area (Å²) in [7, 11) is 5.85. The van der Waals surface area contributed by atoms with E-state index in [-0.39, 0.29) is 17.5 Å². The van der Waals surface area contributed by atoms with E-state index in [1.165, 1.54) is 6.07 Å². The second kappa shape index (κ2) is 12.7. The number of aromatic nitrogens is 3. The zero-order valence-electron chi connectivity index (χ0n) is 24.7. The second-order valence-corrected chi connectivity index (χ2v) is 11.4. The first kappa shape index (κ1) is 29.1. The van der Waals surface area contributed by atoms with E-state index in [0.29, 0.717) is 48.4 Å². The Balaban J connectivity index is 1.34. The van der Waals surface area contributed by atoms with E-state index in [1.807, 2.05) is 19.9 Å². The zero-order valence-corrected chi connectivity index (χ0v) is 24.7. The van der Waals surface area contributed by atoms with Gasteiger partial charge in [-0.1, -0.05) is 6.07 Å². The molecule has 2 aliphatic heterocycles. The maximum Gasteiger partial charge on any atom is 0.216 e. The van der Waals surface area contributed by atoms with Gasteiger partial charge in [-0.2, -0.15) is 0 Å². The molecule has 0 N–H and O–H groups in total. The number of hydrogen-bond acceptors (Lipinski definition) is 8. The van der Waals surface area contributed by atoms with Crippen LogP contribution in [0.4, 0.5) is 14.5 Å². The van der Waals surface area contributed by atoms with Gasteiger partial charge in [0, 0.05) is 30.3 Å². The Labute approximate surface area is 241 Å². The molecular formula is C31H40F2N6O2. The van der Waals surface area contributed by atoms with Gasteiger partial charge in [-0.3, -0.25) is 0 Å². The molecule has 0 aliphatic carbocycles. The molecule has 0 spiro atoms. The summed E-state index contributed by atoms with van der Waals surface area (Å²) in [5, 5.41) is 0. The predicted octanol–water partition coefficient (Wildman–Crippen LogP) is 4.76. The van der Waals surface area contributed by atoms with Crippen LogP contribution in [0.5, 0.6) is 11.6 Å². The van der Waals surface area contributed by atoms with Crippen LogP contribution in [-0.2, 0) is 6.42 Å². The van der Waals surface area contributed by atoms with E-state index in [9.17, 15) is 4.39 Å². The lowest BCUT2D eigenvalue weighted by atomic mass is 9.89. The molecule has 0 bridgehead atoms. The van der Waals surface area contributed by atoms with Gasteiger partial charge >= 0.3 is 0 Å². The number of piperidine rings is 1. The molecule has 220 valence electrons. The van der Waals surface area contributed by atoms with Crippen LogP contribution < -0.4 is 14.4 Å². The predicted molar refractivity (Wildman–Crippen MR) is 156 cm³/mol. The van der Waals surface area contributed by atoms with Crippen LogP contribution in [-0.4, -0.2) is 91.3 Å². The lowest BCUT2D eigenvalue weighted by Gasteiger charge is -2.34. The molecule has 0 saturated carbocycles. The first-order chi connectivity index (χ1) is 19.7. The van der Waals surface area contributed by atoms with Gasteiger partial charge in [-0.05, 0) is 78.0 Å². The number of anilines is 1. The normalized spacial score (nSPS) is 16.3. The molecule has 0 atom stereocenters. The number of likely N-dealkylation sites (N-methyl/N-ethyl adjacent to an activating group) is 1. The van der Waals surface area contributed by atoms with E-state index in [2.05, 4.69) is 44.8 Å². The molecular weight excluding hydrogens is 526 g/mol. The molecule has 1 fully saturated rings. The highest BCUT2D eigenvalue weighted by molar-refractivity contribution is 5.72. The molecule has 10 heteroatoms. The third-order valence-corrected chi connectivity index (χ3v) is 7.97. The lowest BCUT2D eigenvalue weighted by molar-refractivity contribution is 0.192. The van der Waals surface area contributed by atoms with E-state index in [4.69, 9.17) is 14.5 Å². The topological polar surface area (TPSA) is 66.9 Å². The molecule has 2 aromatic heterocycles. The van der Waals surface area contributed by atoms with Crippen molar-refractivity contribution in [3.63, 3.8) is 0 Å². The van der Waals surface area contributed by atoms with Crippen LogP contribution in [0.1, 0.15) is 49.7 Å². The minimum absolute atomic E-state index is 0.0515. The van der Waals surface area contributed by atoms with Crippen molar-refractivity contribution in [3.05, 3.63) is 59.2 Å². The zero-order chi connectivity index (χ0) is 29.1. The average molecular weight is 567 g/mol. The van der Waals surface area contributed by atoms with Gasteiger partial charge in [0.25, 0.3) is 0 Å². The lowest BCUT2D eigenvalue weighted by Crippen LogP contribution is -2.38. The van der Waals surface area contributed by atoms with Crippen molar-refractivity contribution in [3.8, 4) is 22.9 Å². The van der Waals surface area contributed by atoms with Crippen LogP contribution in [0, 0.1) is 11.6 Å². The Kier molecular flexibility index (Phi) is 8.99. The monoisotopic (exact) mass is 566 g/mol. The first-order valence-corrected chi connectivity index (χ1v) is 14.4. The highest BCUT2D eigenvalue weighted by atomic mass is 19.1. The Morgan fingerprint density at radius 1 is 1.07 bits per heavy atom. The van der Waals surface area contributed by atoms with Crippen LogP contribution in [0.2, 0.25) is 0 Å². The van der Waals surface area contributed by atoms with Crippen molar-refractivity contribution in [2.75, 3.05) is 65.4 Å². The number of fused-ring (bicyclic) bond motifs is 1. The van der Waals surface area contributed by atoms with E-state index >= 15 is 4.39 Å². The molecule has 41 heavy (non-hydrogen) atoms. The maximum absolute atomic E-state index is 15.1. The Morgan fingerprint density at radius 3 is 2.56 bits per heavy atom. The summed E-state index contributed by atoms with van der Waals surface area (Å²) in [6.45, 7) is 9.35. The quantitative estimate of drug-likeness (QED) is 0.367. The third kappa shape index (κ3) is 6.59. The molecule has 0 amide bonds. The maximum atomic E-state index is 15.1. The van der Waals surface area contributed by atoms with Gasteiger partial charge in [0.1, 0.15) is 18.1 Å². The van der Waals surface area contributed by atoms with Gasteiger partial charge in [0.05, 0.1) is 37.7 Å². The number of benzene rings is 1. The summed E-state index contributed by atoms with van der Waals surface area (Å²) in [6, 6.07) is 7.22. The summed E-state index contributed by atoms with van der Waals surface area (Å²) < 4.78 is 41.3. The van der Waals surface area contributed by atoms with Crippen molar-refractivity contribution < 1.29 is 18.3 Å². The summed E-state index contributed by atoms with van der Waals surface area (Å²) in [4.78, 5) is 20.3. The van der Waals surface area contributed by atoms with Crippen molar-refractivity contribution in [1.82, 2.24) is 24.8 Å². The fraction of sp³-hybridized carbons (Fsp3) is 0.516. The fourth-order valence-corrected chi connectivity index (χ4v) is 5.70. The van der Waals surface area contributed by atoms with E-state index in [1.54, 1.807) is 13.2 Å². The summed E-state index contributed by atoms with van der Waals surface area (Å²) in [5.41, 5.74) is 2.84. The van der Waals surface area contributed by atoms with Crippen LogP contribution in [0.3, 0.4) is 0 Å². The number of methoxy groups -OCH3 is 1. The Bertz CT molecular complexity index is 1360. The van der Waals surface area contributed by atoms with Crippen LogP contribution in [0.15, 0.2) is 30.5 Å². The van der Waals surface area contributed by atoms with Crippen molar-refractivity contribution in [2.45, 2.75) is 45.1 Å². The molecule has 2 aliphatic rings. The van der Waals surface area contributed by atoms with Crippen LogP contribution >= 0.6 is 0 Å². The molecule has 5 rings (SSSR count). The molecule has 0 radical (unpaired) electrons. The average Bonchev–Trinajstić information content (AvgIpc) is 2.97. The smallest absolute Gasteiger partial charge is 0.216 e. The standard InChI is InChI=1S/C31H40F2N6O2/c1-20(2)39-14-15-41-30-25(32)16-22(17-27(30)39)29-26(33)19-34-28(36-29)18-23-6-7-24(31(35-23)40-5)21-8-10-38(11-9-21)13-12-37(3)4/h6-7,16-17,19-21H,8-15,18H2,1-5H3. The van der Waals surface area contributed by atoms with E-state index in [0.717, 1.165) is 56.5 Å². The summed E-state index contributed by atoms with van der Waals surface area (Å²) >= 11 is 0. The fourth-order valence-electron chi connectivity index (χ4n) is 5.70. The number of likely N-dealkylation sites (tertiary alicyclic amines) is 1. The molecule has 8 nitrogen and oxygen atoms in total. The minimum atomic E-state index is -0.612. The number of hydrogen-bond donors (Lipinski definition) is 0. The highest BCUT2D eigenvalue weighted by Gasteiger charge is 2.27. The van der Waals surface area contributed by atoms with Gasteiger partial charge in [-0.15, -0.1) is 0 Å². The SMILES string of the molecule is COc1nc(Cc2ncc(F)c(-c3cc(F)c4c(c3)N(C(C)C)CCO4)n2)ccc1C1CCN(CCN(C)C)CC1. The number of pyridine rings is 1. The van der Waals surface area contributed by atoms with Gasteiger partial charge in [-0.25, -0.2) is 23.7 Å². The number of rotatable bonds is 9. The van der Waals surface area contributed by atoms with Gasteiger partial charge in [0.15, 0.2) is 17.4 Å².